The lowest BCUT2D eigenvalue weighted by Gasteiger charge is -2.31. The minimum absolute atomic E-state index is 0.0655. The van der Waals surface area contributed by atoms with Gasteiger partial charge in [-0.2, -0.15) is 0 Å². The first-order valence-corrected chi connectivity index (χ1v) is 5.94. The highest BCUT2D eigenvalue weighted by molar-refractivity contribution is 6.17. The van der Waals surface area contributed by atoms with E-state index in [1.807, 2.05) is 6.92 Å². The van der Waals surface area contributed by atoms with Gasteiger partial charge >= 0.3 is 0 Å². The summed E-state index contributed by atoms with van der Waals surface area (Å²) in [6.07, 6.45) is 0.823. The molecule has 1 atom stereocenters. The molecule has 1 rings (SSSR count). The summed E-state index contributed by atoms with van der Waals surface area (Å²) in [5.74, 6) is 0.675. The standard InChI is InChI=1S/C10H19ClN2O2/c1-9(10(14)12-4-2-3-11)13-5-7-15-8-6-13/h9H,2-8H2,1H3,(H,12,14)/t9-/m0/s1. The lowest BCUT2D eigenvalue weighted by Crippen LogP contribution is -2.49. The monoisotopic (exact) mass is 234 g/mol. The van der Waals surface area contributed by atoms with Crippen molar-refractivity contribution in [2.75, 3.05) is 38.7 Å². The van der Waals surface area contributed by atoms with Crippen molar-refractivity contribution >= 4 is 17.5 Å². The van der Waals surface area contributed by atoms with Crippen LogP contribution >= 0.6 is 11.6 Å². The number of nitrogens with one attached hydrogen (secondary N) is 1. The number of hydrogen-bond acceptors (Lipinski definition) is 3. The molecule has 88 valence electrons. The fourth-order valence-corrected chi connectivity index (χ4v) is 1.69. The molecule has 4 nitrogen and oxygen atoms in total. The maximum Gasteiger partial charge on any atom is 0.237 e. The van der Waals surface area contributed by atoms with Gasteiger partial charge in [-0.25, -0.2) is 0 Å². The predicted molar refractivity (Wildman–Crippen MR) is 60.2 cm³/mol. The van der Waals surface area contributed by atoms with Gasteiger partial charge in [-0.15, -0.1) is 11.6 Å². The summed E-state index contributed by atoms with van der Waals surface area (Å²) in [5, 5.41) is 2.87. The van der Waals surface area contributed by atoms with Gasteiger partial charge in [-0.05, 0) is 13.3 Å². The normalized spacial score (nSPS) is 19.9. The van der Waals surface area contributed by atoms with E-state index in [1.54, 1.807) is 0 Å². The van der Waals surface area contributed by atoms with Gasteiger partial charge in [0.2, 0.25) is 5.91 Å². The second-order valence-corrected chi connectivity index (χ2v) is 4.04. The average molecular weight is 235 g/mol. The molecule has 1 heterocycles. The first-order valence-electron chi connectivity index (χ1n) is 5.41. The molecule has 0 bridgehead atoms. The number of amides is 1. The van der Waals surface area contributed by atoms with Crippen molar-refractivity contribution < 1.29 is 9.53 Å². The van der Waals surface area contributed by atoms with Gasteiger partial charge in [-0.1, -0.05) is 0 Å². The third kappa shape index (κ3) is 4.36. The van der Waals surface area contributed by atoms with Gasteiger partial charge < -0.3 is 10.1 Å². The number of carbonyl (C=O) groups is 1. The van der Waals surface area contributed by atoms with E-state index >= 15 is 0 Å². The topological polar surface area (TPSA) is 41.6 Å². The number of ether oxygens (including phenoxy) is 1. The highest BCUT2D eigenvalue weighted by atomic mass is 35.5. The Morgan fingerprint density at radius 1 is 1.53 bits per heavy atom. The predicted octanol–water partition coefficient (Wildman–Crippen LogP) is 0.452. The summed E-state index contributed by atoms with van der Waals surface area (Å²) in [5.41, 5.74) is 0. The smallest absolute Gasteiger partial charge is 0.237 e. The van der Waals surface area contributed by atoms with Crippen molar-refractivity contribution in [1.29, 1.82) is 0 Å². The number of halogens is 1. The Hall–Kier alpha value is -0.320. The Kier molecular flexibility index (Phi) is 5.98. The van der Waals surface area contributed by atoms with Crippen LogP contribution in [0.5, 0.6) is 0 Å². The molecule has 0 aromatic heterocycles. The largest absolute Gasteiger partial charge is 0.379 e. The Bertz CT molecular complexity index is 196. The molecule has 0 aliphatic carbocycles. The molecular weight excluding hydrogens is 216 g/mol. The maximum absolute atomic E-state index is 11.7. The van der Waals surface area contributed by atoms with Gasteiger partial charge in [0, 0.05) is 25.5 Å². The second kappa shape index (κ2) is 7.04. The molecule has 1 amide bonds. The van der Waals surface area contributed by atoms with Crippen LogP contribution in [0.3, 0.4) is 0 Å². The van der Waals surface area contributed by atoms with Crippen LogP contribution in [-0.4, -0.2) is 55.6 Å². The van der Waals surface area contributed by atoms with Crippen molar-refractivity contribution in [1.82, 2.24) is 10.2 Å². The van der Waals surface area contributed by atoms with E-state index in [0.717, 1.165) is 32.7 Å². The SMILES string of the molecule is C[C@@H](C(=O)NCCCCl)N1CCOCC1. The Morgan fingerprint density at radius 2 is 2.20 bits per heavy atom. The molecule has 0 saturated carbocycles. The Labute approximate surface area is 95.9 Å². The van der Waals surface area contributed by atoms with E-state index in [2.05, 4.69) is 10.2 Å². The van der Waals surface area contributed by atoms with Gasteiger partial charge in [0.05, 0.1) is 19.3 Å². The molecule has 0 unspecified atom stereocenters. The molecule has 1 fully saturated rings. The van der Waals surface area contributed by atoms with Gasteiger partial charge in [0.15, 0.2) is 0 Å². The number of nitrogens with zero attached hydrogens (tertiary/aromatic N) is 1. The highest BCUT2D eigenvalue weighted by Crippen LogP contribution is 2.03. The van der Waals surface area contributed by atoms with E-state index in [0.29, 0.717) is 12.4 Å². The summed E-state index contributed by atoms with van der Waals surface area (Å²) >= 11 is 5.54. The molecule has 0 aromatic carbocycles. The summed E-state index contributed by atoms with van der Waals surface area (Å²) in [6, 6.07) is -0.0655. The molecule has 5 heteroatoms. The van der Waals surface area contributed by atoms with Gasteiger partial charge in [0.25, 0.3) is 0 Å². The zero-order valence-corrected chi connectivity index (χ0v) is 9.92. The number of morpholine rings is 1. The summed E-state index contributed by atoms with van der Waals surface area (Å²) in [4.78, 5) is 13.8. The number of rotatable bonds is 5. The van der Waals surface area contributed by atoms with Crippen LogP contribution in [0.1, 0.15) is 13.3 Å². The zero-order chi connectivity index (χ0) is 11.1. The second-order valence-electron chi connectivity index (χ2n) is 3.66. The zero-order valence-electron chi connectivity index (χ0n) is 9.17. The number of alkyl halides is 1. The van der Waals surface area contributed by atoms with Crippen LogP contribution in [0, 0.1) is 0 Å². The first kappa shape index (κ1) is 12.7. The summed E-state index contributed by atoms with van der Waals surface area (Å²) in [6.45, 7) is 5.71. The molecule has 15 heavy (non-hydrogen) atoms. The quantitative estimate of drug-likeness (QED) is 0.555. The third-order valence-electron chi connectivity index (χ3n) is 2.58. The molecule has 0 aromatic rings. The third-order valence-corrected chi connectivity index (χ3v) is 2.85. The number of hydrogen-bond donors (Lipinski definition) is 1. The maximum atomic E-state index is 11.7. The first-order chi connectivity index (χ1) is 7.25. The van der Waals surface area contributed by atoms with E-state index in [9.17, 15) is 4.79 Å². The molecule has 0 radical (unpaired) electrons. The van der Waals surface area contributed by atoms with Crippen molar-refractivity contribution in [3.05, 3.63) is 0 Å². The van der Waals surface area contributed by atoms with Gasteiger partial charge in [0.1, 0.15) is 0 Å². The van der Waals surface area contributed by atoms with Crippen LogP contribution in [0.15, 0.2) is 0 Å². The van der Waals surface area contributed by atoms with Crippen molar-refractivity contribution in [2.45, 2.75) is 19.4 Å². The van der Waals surface area contributed by atoms with Crippen LogP contribution in [0.25, 0.3) is 0 Å². The van der Waals surface area contributed by atoms with Crippen LogP contribution < -0.4 is 5.32 Å². The summed E-state index contributed by atoms with van der Waals surface area (Å²) in [7, 11) is 0. The molecule has 0 spiro atoms. The van der Waals surface area contributed by atoms with E-state index in [1.165, 1.54) is 0 Å². The van der Waals surface area contributed by atoms with Crippen molar-refractivity contribution in [3.8, 4) is 0 Å². The fraction of sp³-hybridized carbons (Fsp3) is 0.900. The van der Waals surface area contributed by atoms with E-state index in [-0.39, 0.29) is 11.9 Å². The molecule has 1 aliphatic rings. The lowest BCUT2D eigenvalue weighted by atomic mass is 10.2. The van der Waals surface area contributed by atoms with Crippen LogP contribution in [0.2, 0.25) is 0 Å². The Morgan fingerprint density at radius 3 is 2.80 bits per heavy atom. The Balaban J connectivity index is 2.24. The minimum Gasteiger partial charge on any atom is -0.379 e. The minimum atomic E-state index is -0.0655. The molecule has 1 aliphatic heterocycles. The molecular formula is C10H19ClN2O2. The van der Waals surface area contributed by atoms with Crippen molar-refractivity contribution in [3.63, 3.8) is 0 Å². The van der Waals surface area contributed by atoms with E-state index < -0.39 is 0 Å². The lowest BCUT2D eigenvalue weighted by molar-refractivity contribution is -0.127. The summed E-state index contributed by atoms with van der Waals surface area (Å²) < 4.78 is 5.24. The average Bonchev–Trinajstić information content (AvgIpc) is 2.29. The van der Waals surface area contributed by atoms with E-state index in [4.69, 9.17) is 16.3 Å². The molecule has 1 saturated heterocycles. The van der Waals surface area contributed by atoms with Crippen LogP contribution in [0.4, 0.5) is 0 Å². The van der Waals surface area contributed by atoms with Gasteiger partial charge in [-0.3, -0.25) is 9.69 Å². The number of carbonyl (C=O) groups excluding carboxylic acids is 1. The van der Waals surface area contributed by atoms with Crippen LogP contribution in [-0.2, 0) is 9.53 Å². The highest BCUT2D eigenvalue weighted by Gasteiger charge is 2.22. The fourth-order valence-electron chi connectivity index (χ4n) is 1.56. The molecule has 1 N–H and O–H groups in total. The van der Waals surface area contributed by atoms with Crippen molar-refractivity contribution in [2.24, 2.45) is 0 Å².